The minimum Gasteiger partial charge on any atom is -0.465 e. The molecule has 1 aliphatic heterocycles. The van der Waals surface area contributed by atoms with Gasteiger partial charge in [-0.2, -0.15) is 16.9 Å². The van der Waals surface area contributed by atoms with E-state index >= 15 is 0 Å². The smallest absolute Gasteiger partial charge is 0.325 e. The molecule has 0 unspecified atom stereocenters. The topological polar surface area (TPSA) is 102 Å². The highest BCUT2D eigenvalue weighted by molar-refractivity contribution is 7.98. The molecular weight excluding hydrogens is 332 g/mol. The van der Waals surface area contributed by atoms with Crippen molar-refractivity contribution in [2.75, 3.05) is 18.5 Å². The van der Waals surface area contributed by atoms with Crippen LogP contribution < -0.4 is 10.6 Å². The Hall–Kier alpha value is -2.03. The number of fused-ring (bicyclic) bond motifs is 1. The Morgan fingerprint density at radius 3 is 2.58 bits per heavy atom. The fraction of sp³-hybridized carbons (Fsp3) is 0.600. The highest BCUT2D eigenvalue weighted by Crippen LogP contribution is 2.37. The molecule has 2 heterocycles. The molecule has 0 spiro atoms. The van der Waals surface area contributed by atoms with Crippen molar-refractivity contribution in [2.24, 2.45) is 0 Å². The van der Waals surface area contributed by atoms with Crippen LogP contribution in [0.3, 0.4) is 0 Å². The number of ether oxygens (including phenoxy) is 1. The van der Waals surface area contributed by atoms with E-state index in [-0.39, 0.29) is 18.7 Å². The second-order valence-electron chi connectivity index (χ2n) is 6.29. The number of esters is 1. The summed E-state index contributed by atoms with van der Waals surface area (Å²) in [6, 6.07) is 0. The van der Waals surface area contributed by atoms with Crippen LogP contribution in [0, 0.1) is 0 Å². The molecule has 1 aromatic heterocycles. The number of rotatable bonds is 4. The Morgan fingerprint density at radius 2 is 1.96 bits per heavy atom. The summed E-state index contributed by atoms with van der Waals surface area (Å²) in [5.74, 6) is -0.232. The first-order valence-electron chi connectivity index (χ1n) is 7.67. The van der Waals surface area contributed by atoms with E-state index in [1.807, 2.05) is 20.8 Å². The highest BCUT2D eigenvalue weighted by Gasteiger charge is 2.30. The monoisotopic (exact) mass is 354 g/mol. The van der Waals surface area contributed by atoms with Gasteiger partial charge < -0.3 is 15.4 Å². The van der Waals surface area contributed by atoms with Gasteiger partial charge in [0.2, 0.25) is 0 Å². The maximum Gasteiger partial charge on any atom is 0.325 e. The van der Waals surface area contributed by atoms with Gasteiger partial charge in [0.05, 0.1) is 17.8 Å². The summed E-state index contributed by atoms with van der Waals surface area (Å²) >= 11 is 1.71. The standard InChI is InChI=1S/C15H22N4O4S/c1-5-23-11(20)6-16-13(21)14(22)17-12-9-7-24-8-10(9)18-19(12)15(2,3)4/h5-8H2,1-4H3,(H,16,21)(H,17,22). The molecule has 24 heavy (non-hydrogen) atoms. The Bertz CT molecular complexity index is 663. The molecular formula is C15H22N4O4S. The molecule has 0 saturated heterocycles. The second-order valence-corrected chi connectivity index (χ2v) is 7.28. The maximum absolute atomic E-state index is 12.1. The van der Waals surface area contributed by atoms with E-state index in [9.17, 15) is 14.4 Å². The van der Waals surface area contributed by atoms with Gasteiger partial charge in [0, 0.05) is 17.1 Å². The number of nitrogens with one attached hydrogen (secondary N) is 2. The molecule has 8 nitrogen and oxygen atoms in total. The lowest BCUT2D eigenvalue weighted by molar-refractivity contribution is -0.144. The van der Waals surface area contributed by atoms with E-state index in [1.54, 1.807) is 23.4 Å². The van der Waals surface area contributed by atoms with E-state index in [0.717, 1.165) is 22.8 Å². The number of carbonyl (C=O) groups excluding carboxylic acids is 3. The molecule has 132 valence electrons. The fourth-order valence-electron chi connectivity index (χ4n) is 2.24. The van der Waals surface area contributed by atoms with Gasteiger partial charge in [-0.05, 0) is 27.7 Å². The molecule has 0 fully saturated rings. The average molecular weight is 354 g/mol. The SMILES string of the molecule is CCOC(=O)CNC(=O)C(=O)Nc1c2c(nn1C(C)(C)C)CSC2. The first-order valence-corrected chi connectivity index (χ1v) is 8.83. The third-order valence-corrected chi connectivity index (χ3v) is 4.29. The summed E-state index contributed by atoms with van der Waals surface area (Å²) in [6.45, 7) is 7.46. The third kappa shape index (κ3) is 4.08. The second kappa shape index (κ2) is 7.25. The largest absolute Gasteiger partial charge is 0.465 e. The lowest BCUT2D eigenvalue weighted by Gasteiger charge is -2.23. The summed E-state index contributed by atoms with van der Waals surface area (Å²) in [5, 5.41) is 9.43. The van der Waals surface area contributed by atoms with Crippen LogP contribution in [0.15, 0.2) is 0 Å². The number of aromatic nitrogens is 2. The lowest BCUT2D eigenvalue weighted by Crippen LogP contribution is -2.39. The van der Waals surface area contributed by atoms with E-state index in [4.69, 9.17) is 4.74 Å². The quantitative estimate of drug-likeness (QED) is 0.618. The number of carbonyl (C=O) groups is 3. The van der Waals surface area contributed by atoms with Crippen LogP contribution in [0.25, 0.3) is 0 Å². The fourth-order valence-corrected chi connectivity index (χ4v) is 3.27. The van der Waals surface area contributed by atoms with Gasteiger partial charge in [-0.3, -0.25) is 14.4 Å². The minimum absolute atomic E-state index is 0.218. The van der Waals surface area contributed by atoms with Gasteiger partial charge in [0.1, 0.15) is 12.4 Å². The molecule has 0 atom stereocenters. The van der Waals surface area contributed by atoms with Crippen LogP contribution in [-0.2, 0) is 36.2 Å². The minimum atomic E-state index is -0.885. The van der Waals surface area contributed by atoms with Crippen LogP contribution in [0.4, 0.5) is 5.82 Å². The van der Waals surface area contributed by atoms with Crippen molar-refractivity contribution in [1.82, 2.24) is 15.1 Å². The van der Waals surface area contributed by atoms with Crippen molar-refractivity contribution < 1.29 is 19.1 Å². The molecule has 2 amide bonds. The van der Waals surface area contributed by atoms with Gasteiger partial charge in [0.25, 0.3) is 0 Å². The molecule has 2 rings (SSSR count). The van der Waals surface area contributed by atoms with Crippen LogP contribution in [-0.4, -0.2) is 40.7 Å². The van der Waals surface area contributed by atoms with Gasteiger partial charge in [0.15, 0.2) is 0 Å². The van der Waals surface area contributed by atoms with Gasteiger partial charge in [-0.15, -0.1) is 0 Å². The predicted molar refractivity (Wildman–Crippen MR) is 90.5 cm³/mol. The molecule has 2 N–H and O–H groups in total. The van der Waals surface area contributed by atoms with E-state index < -0.39 is 17.8 Å². The zero-order chi connectivity index (χ0) is 17.9. The van der Waals surface area contributed by atoms with Crippen molar-refractivity contribution in [3.05, 3.63) is 11.3 Å². The number of thioether (sulfide) groups is 1. The van der Waals surface area contributed by atoms with Crippen molar-refractivity contribution in [2.45, 2.75) is 44.7 Å². The number of anilines is 1. The zero-order valence-electron chi connectivity index (χ0n) is 14.3. The molecule has 1 aliphatic rings. The Morgan fingerprint density at radius 1 is 1.25 bits per heavy atom. The van der Waals surface area contributed by atoms with Crippen molar-refractivity contribution in [3.63, 3.8) is 0 Å². The van der Waals surface area contributed by atoms with Gasteiger partial charge >= 0.3 is 17.8 Å². The molecule has 1 aromatic rings. The maximum atomic E-state index is 12.1. The van der Waals surface area contributed by atoms with E-state index in [0.29, 0.717) is 5.82 Å². The number of hydrogen-bond acceptors (Lipinski definition) is 6. The zero-order valence-corrected chi connectivity index (χ0v) is 15.1. The van der Waals surface area contributed by atoms with Crippen LogP contribution >= 0.6 is 11.8 Å². The van der Waals surface area contributed by atoms with Crippen LogP contribution in [0.2, 0.25) is 0 Å². The predicted octanol–water partition coefficient (Wildman–Crippen LogP) is 1.00. The summed E-state index contributed by atoms with van der Waals surface area (Å²) in [5.41, 5.74) is 1.54. The summed E-state index contributed by atoms with van der Waals surface area (Å²) < 4.78 is 6.43. The van der Waals surface area contributed by atoms with E-state index in [1.165, 1.54) is 0 Å². The van der Waals surface area contributed by atoms with Crippen LogP contribution in [0.1, 0.15) is 39.0 Å². The molecule has 0 bridgehead atoms. The van der Waals surface area contributed by atoms with Crippen molar-refractivity contribution >= 4 is 35.4 Å². The Labute approximate surface area is 144 Å². The third-order valence-electron chi connectivity index (χ3n) is 3.32. The summed E-state index contributed by atoms with van der Waals surface area (Å²) in [4.78, 5) is 35.3. The number of amides is 2. The van der Waals surface area contributed by atoms with Gasteiger partial charge in [-0.1, -0.05) is 0 Å². The Balaban J connectivity index is 2.09. The Kier molecular flexibility index (Phi) is 5.53. The first-order chi connectivity index (χ1) is 11.2. The van der Waals surface area contributed by atoms with Crippen molar-refractivity contribution in [1.29, 1.82) is 0 Å². The van der Waals surface area contributed by atoms with Gasteiger partial charge in [-0.25, -0.2) is 4.68 Å². The molecule has 0 aliphatic carbocycles. The summed E-state index contributed by atoms with van der Waals surface area (Å²) in [6.07, 6.45) is 0. The molecule has 0 saturated carbocycles. The average Bonchev–Trinajstić information content (AvgIpc) is 3.07. The molecule has 9 heteroatoms. The normalized spacial score (nSPS) is 13.3. The van der Waals surface area contributed by atoms with Crippen LogP contribution in [0.5, 0.6) is 0 Å². The number of hydrogen-bond donors (Lipinski definition) is 2. The highest BCUT2D eigenvalue weighted by atomic mass is 32.2. The molecule has 0 radical (unpaired) electrons. The van der Waals surface area contributed by atoms with Crippen molar-refractivity contribution in [3.8, 4) is 0 Å². The lowest BCUT2D eigenvalue weighted by atomic mass is 10.1. The van der Waals surface area contributed by atoms with E-state index in [2.05, 4.69) is 15.7 Å². The number of nitrogens with zero attached hydrogens (tertiary/aromatic N) is 2. The summed E-state index contributed by atoms with van der Waals surface area (Å²) in [7, 11) is 0. The molecule has 0 aromatic carbocycles. The first kappa shape index (κ1) is 18.3.